The Morgan fingerprint density at radius 3 is 1.64 bits per heavy atom. The predicted molar refractivity (Wildman–Crippen MR) is 175 cm³/mol. The Kier molecular flexibility index (Phi) is 11.8. The van der Waals surface area contributed by atoms with Crippen LogP contribution in [0, 0.1) is 0 Å². The summed E-state index contributed by atoms with van der Waals surface area (Å²) in [5.41, 5.74) is 2.26. The van der Waals surface area contributed by atoms with E-state index in [0.717, 1.165) is 65.3 Å². The average Bonchev–Trinajstić information content (AvgIpc) is 3.00. The van der Waals surface area contributed by atoms with Crippen LogP contribution in [0.5, 0.6) is 0 Å². The number of benzene rings is 2. The van der Waals surface area contributed by atoms with Crippen molar-refractivity contribution >= 4 is 34.4 Å². The summed E-state index contributed by atoms with van der Waals surface area (Å²) in [7, 11) is -6.49. The highest BCUT2D eigenvalue weighted by molar-refractivity contribution is 7.78. The van der Waals surface area contributed by atoms with Crippen molar-refractivity contribution in [2.45, 2.75) is 103 Å². The summed E-state index contributed by atoms with van der Waals surface area (Å²) < 4.78 is 28.9. The van der Waals surface area contributed by atoms with Crippen molar-refractivity contribution in [3.63, 3.8) is 0 Å². The highest BCUT2D eigenvalue weighted by Crippen LogP contribution is 2.45. The Bertz CT molecular complexity index is 1060. The Balaban J connectivity index is 2.01. The summed E-state index contributed by atoms with van der Waals surface area (Å²) in [4.78, 5) is 0. The van der Waals surface area contributed by atoms with Crippen LogP contribution in [0.3, 0.4) is 0 Å². The van der Waals surface area contributed by atoms with Gasteiger partial charge in [-0.05, 0) is 53.8 Å². The molecule has 2 aromatic carbocycles. The summed E-state index contributed by atoms with van der Waals surface area (Å²) in [5.74, 6) is 0. The van der Waals surface area contributed by atoms with Crippen molar-refractivity contribution in [2.24, 2.45) is 0 Å². The van der Waals surface area contributed by atoms with E-state index in [-0.39, 0.29) is 12.2 Å². The van der Waals surface area contributed by atoms with Crippen molar-refractivity contribution < 1.29 is 13.4 Å². The summed E-state index contributed by atoms with van der Waals surface area (Å²) >= 11 is 0. The first-order valence-corrected chi connectivity index (χ1v) is 22.1. The monoisotopic (exact) mass is 582 g/mol. The topological polar surface area (TPSA) is 35.5 Å². The molecule has 1 aliphatic carbocycles. The molecule has 1 aliphatic rings. The van der Waals surface area contributed by atoms with Gasteiger partial charge in [-0.15, -0.1) is 0 Å². The third-order valence-corrected chi connectivity index (χ3v) is 21.7. The molecule has 3 nitrogen and oxygen atoms in total. The first kappa shape index (κ1) is 32.0. The standard InChI is InChI=1S/C33H51O3PSi2/c1-8-38(9-2,10-3)35-30-26-29(28(7)33(27-30)36-39(11-4,12-5)13-6)24-25-37(34,31-20-16-14-17-21-31)32-22-18-15-19-23-32/h14-24,30,33H,7-13,25-27H2,1-6H3/b29-24-/t30-,33+/m0/s1. The van der Waals surface area contributed by atoms with Crippen molar-refractivity contribution in [2.75, 3.05) is 6.16 Å². The lowest BCUT2D eigenvalue weighted by Crippen LogP contribution is -2.46. The summed E-state index contributed by atoms with van der Waals surface area (Å²) in [6.07, 6.45) is 4.51. The van der Waals surface area contributed by atoms with Crippen LogP contribution in [0.4, 0.5) is 0 Å². The van der Waals surface area contributed by atoms with Crippen LogP contribution in [-0.2, 0) is 13.4 Å². The first-order valence-electron chi connectivity index (χ1n) is 15.2. The zero-order valence-corrected chi connectivity index (χ0v) is 28.1. The van der Waals surface area contributed by atoms with Crippen molar-refractivity contribution in [1.29, 1.82) is 0 Å². The van der Waals surface area contributed by atoms with E-state index in [9.17, 15) is 4.57 Å². The predicted octanol–water partition coefficient (Wildman–Crippen LogP) is 9.06. The third-order valence-electron chi connectivity index (χ3n) is 9.34. The minimum Gasteiger partial charge on any atom is -0.414 e. The summed E-state index contributed by atoms with van der Waals surface area (Å²) in [5, 5.41) is 1.80. The molecule has 0 heterocycles. The van der Waals surface area contributed by atoms with Crippen molar-refractivity contribution in [3.8, 4) is 0 Å². The zero-order valence-electron chi connectivity index (χ0n) is 25.2. The van der Waals surface area contributed by atoms with Crippen molar-refractivity contribution in [1.82, 2.24) is 0 Å². The second kappa shape index (κ2) is 14.4. The maximum atomic E-state index is 14.7. The molecular weight excluding hydrogens is 532 g/mol. The van der Waals surface area contributed by atoms with Crippen LogP contribution in [0.15, 0.2) is 84.5 Å². The van der Waals surface area contributed by atoms with E-state index in [2.05, 4.69) is 54.2 Å². The van der Waals surface area contributed by atoms with Gasteiger partial charge in [0.2, 0.25) is 0 Å². The Hall–Kier alpha value is -1.50. The van der Waals surface area contributed by atoms with E-state index < -0.39 is 23.8 Å². The number of hydrogen-bond acceptors (Lipinski definition) is 3. The van der Waals surface area contributed by atoms with E-state index in [4.69, 9.17) is 8.85 Å². The molecule has 0 saturated heterocycles. The molecule has 0 amide bonds. The first-order chi connectivity index (χ1) is 18.7. The molecule has 0 aromatic heterocycles. The normalized spacial score (nSPS) is 19.9. The van der Waals surface area contributed by atoms with Gasteiger partial charge < -0.3 is 13.4 Å². The molecule has 0 aliphatic heterocycles. The second-order valence-electron chi connectivity index (χ2n) is 11.1. The van der Waals surface area contributed by atoms with Gasteiger partial charge >= 0.3 is 0 Å². The fraction of sp³-hybridized carbons (Fsp3) is 0.515. The van der Waals surface area contributed by atoms with Gasteiger partial charge in [-0.1, -0.05) is 115 Å². The quantitative estimate of drug-likeness (QED) is 0.165. The van der Waals surface area contributed by atoms with E-state index in [1.807, 2.05) is 60.7 Å². The largest absolute Gasteiger partial charge is 0.414 e. The molecule has 0 unspecified atom stereocenters. The van der Waals surface area contributed by atoms with E-state index in [1.165, 1.54) is 5.57 Å². The van der Waals surface area contributed by atoms with Gasteiger partial charge in [-0.2, -0.15) is 0 Å². The van der Waals surface area contributed by atoms with Gasteiger partial charge in [-0.25, -0.2) is 0 Å². The minimum absolute atomic E-state index is 0.0216. The molecule has 0 bridgehead atoms. The molecule has 1 fully saturated rings. The van der Waals surface area contributed by atoms with Crippen LogP contribution >= 0.6 is 7.14 Å². The summed E-state index contributed by atoms with van der Waals surface area (Å²) in [6, 6.07) is 26.7. The molecule has 39 heavy (non-hydrogen) atoms. The molecule has 0 spiro atoms. The molecule has 3 rings (SSSR count). The molecule has 1 saturated carbocycles. The van der Waals surface area contributed by atoms with Gasteiger partial charge in [-0.3, -0.25) is 0 Å². The maximum Gasteiger partial charge on any atom is 0.192 e. The van der Waals surface area contributed by atoms with Gasteiger partial charge in [0, 0.05) is 23.2 Å². The van der Waals surface area contributed by atoms with Gasteiger partial charge in [0.25, 0.3) is 0 Å². The number of allylic oxidation sites excluding steroid dienone is 1. The van der Waals surface area contributed by atoms with Crippen LogP contribution in [-0.4, -0.2) is 35.0 Å². The lowest BCUT2D eigenvalue weighted by atomic mass is 9.86. The molecule has 0 N–H and O–H groups in total. The lowest BCUT2D eigenvalue weighted by molar-refractivity contribution is 0.101. The highest BCUT2D eigenvalue weighted by Gasteiger charge is 2.40. The molecule has 6 heteroatoms. The average molecular weight is 583 g/mol. The SMILES string of the molecule is C=C1/C(=C\CP(=O)(c2ccccc2)c2ccccc2)C[C@H](O[Si](CC)(CC)CC)C[C@H]1O[Si](CC)(CC)CC. The zero-order chi connectivity index (χ0) is 28.5. The van der Waals surface area contributed by atoms with Gasteiger partial charge in [0.1, 0.15) is 7.14 Å². The maximum absolute atomic E-state index is 14.7. The fourth-order valence-corrected chi connectivity index (χ4v) is 14.3. The Morgan fingerprint density at radius 1 is 0.769 bits per heavy atom. The van der Waals surface area contributed by atoms with E-state index >= 15 is 0 Å². The summed E-state index contributed by atoms with van der Waals surface area (Å²) in [6.45, 7) is 18.3. The van der Waals surface area contributed by atoms with Crippen molar-refractivity contribution in [3.05, 3.63) is 84.5 Å². The fourth-order valence-electron chi connectivity index (χ4n) is 6.06. The molecule has 0 radical (unpaired) electrons. The molecule has 2 atom stereocenters. The second-order valence-corrected chi connectivity index (χ2v) is 23.4. The molecule has 2 aromatic rings. The highest BCUT2D eigenvalue weighted by atomic mass is 31.2. The van der Waals surface area contributed by atoms with Crippen LogP contribution in [0.25, 0.3) is 0 Å². The number of hydrogen-bond donors (Lipinski definition) is 0. The van der Waals surface area contributed by atoms with Crippen LogP contribution in [0.1, 0.15) is 54.4 Å². The van der Waals surface area contributed by atoms with Gasteiger partial charge in [0.05, 0.1) is 12.2 Å². The van der Waals surface area contributed by atoms with E-state index in [1.54, 1.807) is 0 Å². The lowest BCUT2D eigenvalue weighted by Gasteiger charge is -2.42. The van der Waals surface area contributed by atoms with Crippen LogP contribution in [0.2, 0.25) is 36.3 Å². The minimum atomic E-state index is -2.86. The number of rotatable bonds is 14. The third kappa shape index (κ3) is 7.43. The smallest absolute Gasteiger partial charge is 0.192 e. The van der Waals surface area contributed by atoms with Gasteiger partial charge in [0.15, 0.2) is 16.6 Å². The Morgan fingerprint density at radius 2 is 1.21 bits per heavy atom. The molecular formula is C33H51O3PSi2. The Labute approximate surface area is 240 Å². The molecule has 214 valence electrons. The van der Waals surface area contributed by atoms with Crippen LogP contribution < -0.4 is 10.6 Å². The van der Waals surface area contributed by atoms with E-state index in [0.29, 0.717) is 6.16 Å².